The van der Waals surface area contributed by atoms with Gasteiger partial charge in [-0.1, -0.05) is 20.8 Å². The van der Waals surface area contributed by atoms with Crippen molar-refractivity contribution >= 4 is 22.5 Å². The number of anilines is 1. The van der Waals surface area contributed by atoms with Crippen molar-refractivity contribution in [3.63, 3.8) is 0 Å². The molecule has 96 valence electrons. The Kier molecular flexibility index (Phi) is 4.08. The van der Waals surface area contributed by atoms with Crippen molar-refractivity contribution < 1.29 is 0 Å². The van der Waals surface area contributed by atoms with Crippen LogP contribution in [0.5, 0.6) is 0 Å². The van der Waals surface area contributed by atoms with Gasteiger partial charge < -0.3 is 10.6 Å². The lowest BCUT2D eigenvalue weighted by Crippen LogP contribution is -2.32. The first-order valence-electron chi connectivity index (χ1n) is 5.61. The SMILES string of the molecule is CC(CC(=N)N)N(C)c1nc(C(C)(C)C)ns1. The molecule has 3 N–H and O–H groups in total. The van der Waals surface area contributed by atoms with E-state index < -0.39 is 0 Å². The molecular formula is C11H21N5S. The predicted octanol–water partition coefficient (Wildman–Crippen LogP) is 1.99. The molecule has 0 bridgehead atoms. The molecule has 1 atom stereocenters. The zero-order valence-electron chi connectivity index (χ0n) is 11.1. The average Bonchev–Trinajstić information content (AvgIpc) is 2.63. The van der Waals surface area contributed by atoms with Crippen molar-refractivity contribution in [3.05, 3.63) is 5.82 Å². The summed E-state index contributed by atoms with van der Waals surface area (Å²) >= 11 is 1.39. The molecule has 6 heteroatoms. The lowest BCUT2D eigenvalue weighted by atomic mass is 9.96. The summed E-state index contributed by atoms with van der Waals surface area (Å²) in [6.07, 6.45) is 0.543. The van der Waals surface area contributed by atoms with Crippen molar-refractivity contribution in [2.75, 3.05) is 11.9 Å². The van der Waals surface area contributed by atoms with E-state index in [-0.39, 0.29) is 17.3 Å². The Morgan fingerprint density at radius 1 is 1.53 bits per heavy atom. The molecule has 17 heavy (non-hydrogen) atoms. The highest BCUT2D eigenvalue weighted by Crippen LogP contribution is 2.25. The molecule has 5 nitrogen and oxygen atoms in total. The molecule has 1 aromatic heterocycles. The van der Waals surface area contributed by atoms with Gasteiger partial charge in [0.05, 0.1) is 5.84 Å². The summed E-state index contributed by atoms with van der Waals surface area (Å²) < 4.78 is 4.37. The average molecular weight is 255 g/mol. The molecule has 1 unspecified atom stereocenters. The van der Waals surface area contributed by atoms with Gasteiger partial charge in [0.25, 0.3) is 0 Å². The molecular weight excluding hydrogens is 234 g/mol. The van der Waals surface area contributed by atoms with Crippen LogP contribution in [0.3, 0.4) is 0 Å². The van der Waals surface area contributed by atoms with Gasteiger partial charge in [-0.25, -0.2) is 4.98 Å². The molecule has 1 heterocycles. The minimum Gasteiger partial charge on any atom is -0.388 e. The van der Waals surface area contributed by atoms with Crippen LogP contribution in [0.1, 0.15) is 39.9 Å². The molecule has 0 amide bonds. The van der Waals surface area contributed by atoms with E-state index in [0.717, 1.165) is 11.0 Å². The number of nitrogens with two attached hydrogens (primary N) is 1. The summed E-state index contributed by atoms with van der Waals surface area (Å²) in [6.45, 7) is 8.31. The van der Waals surface area contributed by atoms with E-state index in [1.165, 1.54) is 11.5 Å². The second-order valence-corrected chi connectivity index (χ2v) is 6.07. The van der Waals surface area contributed by atoms with Gasteiger partial charge in [-0.2, -0.15) is 4.37 Å². The molecule has 0 aliphatic carbocycles. The molecule has 0 radical (unpaired) electrons. The molecule has 1 rings (SSSR count). The fourth-order valence-corrected chi connectivity index (χ4v) is 2.23. The van der Waals surface area contributed by atoms with Crippen LogP contribution in [-0.2, 0) is 5.41 Å². The first kappa shape index (κ1) is 13.9. The number of rotatable bonds is 4. The minimum absolute atomic E-state index is 0.0284. The smallest absolute Gasteiger partial charge is 0.205 e. The summed E-state index contributed by atoms with van der Waals surface area (Å²) in [5, 5.41) is 8.18. The highest BCUT2D eigenvalue weighted by atomic mass is 32.1. The maximum absolute atomic E-state index is 7.30. The first-order chi connectivity index (χ1) is 7.71. The van der Waals surface area contributed by atoms with Gasteiger partial charge in [0.1, 0.15) is 5.82 Å². The minimum atomic E-state index is -0.0284. The van der Waals surface area contributed by atoms with Crippen molar-refractivity contribution in [2.24, 2.45) is 5.73 Å². The molecule has 1 aromatic rings. The van der Waals surface area contributed by atoms with Crippen LogP contribution in [0, 0.1) is 5.41 Å². The third kappa shape index (κ3) is 3.66. The van der Waals surface area contributed by atoms with Crippen LogP contribution in [0.25, 0.3) is 0 Å². The number of nitrogens with zero attached hydrogens (tertiary/aromatic N) is 3. The van der Waals surface area contributed by atoms with E-state index in [1.54, 1.807) is 0 Å². The van der Waals surface area contributed by atoms with Crippen LogP contribution in [-0.4, -0.2) is 28.3 Å². The van der Waals surface area contributed by atoms with Crippen molar-refractivity contribution in [1.29, 1.82) is 5.41 Å². The summed E-state index contributed by atoms with van der Waals surface area (Å²) in [5.41, 5.74) is 5.38. The maximum Gasteiger partial charge on any atom is 0.205 e. The number of hydrogen-bond acceptors (Lipinski definition) is 5. The Morgan fingerprint density at radius 3 is 2.53 bits per heavy atom. The third-order valence-corrected chi connectivity index (χ3v) is 3.37. The highest BCUT2D eigenvalue weighted by Gasteiger charge is 2.22. The Hall–Kier alpha value is -1.17. The van der Waals surface area contributed by atoms with E-state index in [2.05, 4.69) is 30.1 Å². The van der Waals surface area contributed by atoms with E-state index in [1.807, 2.05) is 18.9 Å². The van der Waals surface area contributed by atoms with E-state index in [4.69, 9.17) is 11.1 Å². The molecule has 0 aliphatic heterocycles. The van der Waals surface area contributed by atoms with Crippen LogP contribution in [0.2, 0.25) is 0 Å². The van der Waals surface area contributed by atoms with Gasteiger partial charge in [0.2, 0.25) is 5.13 Å². The van der Waals surface area contributed by atoms with E-state index >= 15 is 0 Å². The molecule has 0 aliphatic rings. The van der Waals surface area contributed by atoms with E-state index in [0.29, 0.717) is 6.42 Å². The lowest BCUT2D eigenvalue weighted by Gasteiger charge is -2.23. The number of amidine groups is 1. The highest BCUT2D eigenvalue weighted by molar-refractivity contribution is 7.09. The topological polar surface area (TPSA) is 78.9 Å². The number of aromatic nitrogens is 2. The molecule has 0 saturated heterocycles. The number of nitrogens with one attached hydrogen (secondary N) is 1. The van der Waals surface area contributed by atoms with Gasteiger partial charge in [-0.3, -0.25) is 5.41 Å². The van der Waals surface area contributed by atoms with Crippen LogP contribution >= 0.6 is 11.5 Å². The summed E-state index contributed by atoms with van der Waals surface area (Å²) in [6, 6.07) is 0.160. The molecule has 0 aromatic carbocycles. The zero-order valence-corrected chi connectivity index (χ0v) is 11.9. The Labute approximate surface area is 107 Å². The van der Waals surface area contributed by atoms with Gasteiger partial charge in [0, 0.05) is 36.5 Å². The summed E-state index contributed by atoms with van der Waals surface area (Å²) in [5.74, 6) is 1.06. The monoisotopic (exact) mass is 255 g/mol. The zero-order chi connectivity index (χ0) is 13.2. The van der Waals surface area contributed by atoms with Crippen LogP contribution < -0.4 is 10.6 Å². The van der Waals surface area contributed by atoms with E-state index in [9.17, 15) is 0 Å². The fraction of sp³-hybridized carbons (Fsp3) is 0.727. The molecule has 0 fully saturated rings. The normalized spacial score (nSPS) is 13.5. The largest absolute Gasteiger partial charge is 0.388 e. The quantitative estimate of drug-likeness (QED) is 0.637. The first-order valence-corrected chi connectivity index (χ1v) is 6.39. The second kappa shape index (κ2) is 5.00. The second-order valence-electron chi connectivity index (χ2n) is 5.34. The van der Waals surface area contributed by atoms with Crippen molar-refractivity contribution in [1.82, 2.24) is 9.36 Å². The standard InChI is InChI=1S/C11H21N5S/c1-7(6-8(12)13)16(5)10-14-9(15-17-10)11(2,3)4/h7H,6H2,1-5H3,(H3,12,13). The third-order valence-electron chi connectivity index (χ3n) is 2.56. The van der Waals surface area contributed by atoms with Crippen LogP contribution in [0.15, 0.2) is 0 Å². The number of hydrogen-bond donors (Lipinski definition) is 2. The maximum atomic E-state index is 7.30. The Balaban J connectivity index is 2.79. The van der Waals surface area contributed by atoms with Crippen molar-refractivity contribution in [3.8, 4) is 0 Å². The predicted molar refractivity (Wildman–Crippen MR) is 73.0 cm³/mol. The van der Waals surface area contributed by atoms with Crippen LogP contribution in [0.4, 0.5) is 5.13 Å². The Bertz CT molecular complexity index is 393. The summed E-state index contributed by atoms with van der Waals surface area (Å²) in [4.78, 5) is 6.55. The molecule has 0 saturated carbocycles. The summed E-state index contributed by atoms with van der Waals surface area (Å²) in [7, 11) is 1.96. The van der Waals surface area contributed by atoms with Gasteiger partial charge >= 0.3 is 0 Å². The Morgan fingerprint density at radius 2 is 2.12 bits per heavy atom. The van der Waals surface area contributed by atoms with Crippen molar-refractivity contribution in [2.45, 2.75) is 45.6 Å². The van der Waals surface area contributed by atoms with Gasteiger partial charge in [0.15, 0.2) is 0 Å². The van der Waals surface area contributed by atoms with Gasteiger partial charge in [-0.15, -0.1) is 0 Å². The fourth-order valence-electron chi connectivity index (χ4n) is 1.31. The lowest BCUT2D eigenvalue weighted by molar-refractivity contribution is 0.553. The van der Waals surface area contributed by atoms with Gasteiger partial charge in [-0.05, 0) is 6.92 Å². The molecule has 0 spiro atoms.